The van der Waals surface area contributed by atoms with Gasteiger partial charge < -0.3 is 50.8 Å². The molecule has 26 rings (SSSR count). The van der Waals surface area contributed by atoms with Crippen molar-refractivity contribution in [1.29, 1.82) is 0 Å². The average Bonchev–Trinajstić information content (AvgIpc) is 1.62. The highest BCUT2D eigenvalue weighted by Crippen LogP contribution is 2.42. The average molecular weight is 1950 g/mol. The predicted molar refractivity (Wildman–Crippen MR) is 575 cm³/mol. The van der Waals surface area contributed by atoms with Crippen molar-refractivity contribution in [3.8, 4) is 135 Å². The fourth-order valence-corrected chi connectivity index (χ4v) is 18.3. The summed E-state index contributed by atoms with van der Waals surface area (Å²) in [7, 11) is 0. The van der Waals surface area contributed by atoms with Gasteiger partial charge in [-0.3, -0.25) is 74.7 Å². The minimum atomic E-state index is -0.160. The number of benzene rings is 4. The van der Waals surface area contributed by atoms with Crippen LogP contribution in [-0.2, 0) is 19.1 Å². The monoisotopic (exact) mass is 1950 g/mol. The number of fused-ring (bicyclic) bond motifs is 8. The molecule has 0 bridgehead atoms. The lowest BCUT2D eigenvalue weighted by molar-refractivity contribution is -0.119. The lowest BCUT2D eigenvalue weighted by atomic mass is 10.1. The Bertz CT molecular complexity index is 8840. The standard InChI is InChI=1S/C29H24N8O2.C29H25N7O.C28H21N7O.C28H23N7O/c38-29(37-8-10-39-11-9-37)33-20-12-18(15-30-17-20)19-13-23-27(35-36-28(23)32-16-19)26-14-22-21(4-3-6-25(22)34-26)24-5-1-2-7-31-24;1-17(2)10-27(37)33-20-11-18(14-30-16-20)19-12-23-28(35-36-29(23)32-15-19)26-13-22-21(6-5-8-25(22)34-26)24-7-3-4-9-31-24;36-28(16-7-8-16)32-19-10-17(13-29-15-19)18-11-22-26(34-35-27(22)31-14-18)25-12-21-20(4-3-6-24(21)33-25)23-5-1-2-9-30-23;1-16(2)28(36)32-19-10-17(13-29-15-19)18-11-22-26(34-35-27(22)31-14-18)25-12-21-20(6-5-8-24(21)33-25)23-7-3-4-9-30-23/h1-7,12-17,34H,8-11H2,(H,33,38)(H,32,35,36);3-9,11-17,34H,10H2,1-2H3,(H,33,37)(H,32,35,36);1-6,9-16,33H,7-8H2,(H,32,36)(H,31,34,35);3-16,33H,1-2H3,(H,32,36)(H,31,34,35). The molecule has 4 aromatic carbocycles. The molecule has 24 aromatic rings. The summed E-state index contributed by atoms with van der Waals surface area (Å²) >= 11 is 0. The van der Waals surface area contributed by atoms with E-state index in [1.54, 1.807) is 104 Å². The maximum absolute atomic E-state index is 12.6. The number of aromatic nitrogens is 24. The molecular weight excluding hydrogens is 1860 g/mol. The maximum Gasteiger partial charge on any atom is 0.322 e. The van der Waals surface area contributed by atoms with E-state index in [0.29, 0.717) is 78.1 Å². The normalized spacial score (nSPS) is 12.5. The first-order valence-electron chi connectivity index (χ1n) is 48.4. The molecule has 5 amide bonds. The van der Waals surface area contributed by atoms with Crippen molar-refractivity contribution in [1.82, 2.24) is 125 Å². The summed E-state index contributed by atoms with van der Waals surface area (Å²) < 4.78 is 5.34. The topological polar surface area (TPSA) is 461 Å². The molecule has 0 radical (unpaired) electrons. The van der Waals surface area contributed by atoms with Crippen LogP contribution >= 0.6 is 0 Å². The minimum absolute atomic E-state index is 0.0245. The summed E-state index contributed by atoms with van der Waals surface area (Å²) in [5.41, 5.74) is 31.0. The highest BCUT2D eigenvalue weighted by atomic mass is 16.5. The molecule has 2 fully saturated rings. The van der Waals surface area contributed by atoms with Gasteiger partial charge in [0.2, 0.25) is 17.7 Å². The highest BCUT2D eigenvalue weighted by molar-refractivity contribution is 6.07. The Labute approximate surface area is 843 Å². The molecule has 1 saturated carbocycles. The van der Waals surface area contributed by atoms with Crippen molar-refractivity contribution in [3.05, 3.63) is 318 Å². The van der Waals surface area contributed by atoms with Crippen LogP contribution in [0.2, 0.25) is 0 Å². The van der Waals surface area contributed by atoms with Gasteiger partial charge >= 0.3 is 6.03 Å². The van der Waals surface area contributed by atoms with E-state index >= 15 is 0 Å². The fraction of sp³-hybridized carbons (Fsp3) is 0.123. The Morgan fingerprint density at radius 1 is 0.331 bits per heavy atom. The van der Waals surface area contributed by atoms with Crippen molar-refractivity contribution < 1.29 is 23.9 Å². The third kappa shape index (κ3) is 19.5. The molecule has 20 aromatic heterocycles. The van der Waals surface area contributed by atoms with Crippen LogP contribution in [0.15, 0.2) is 318 Å². The number of hydrogen-bond acceptors (Lipinski definition) is 21. The van der Waals surface area contributed by atoms with Crippen molar-refractivity contribution in [2.24, 2.45) is 17.8 Å². The Balaban J connectivity index is 0.000000109. The lowest BCUT2D eigenvalue weighted by Gasteiger charge is -2.26. The number of carbonyl (C=O) groups excluding carboxylic acids is 4. The number of carbonyl (C=O) groups is 4. The molecule has 21 heterocycles. The van der Waals surface area contributed by atoms with Gasteiger partial charge in [-0.15, -0.1) is 0 Å². The zero-order valence-electron chi connectivity index (χ0n) is 80.3. The van der Waals surface area contributed by atoms with Crippen molar-refractivity contribution in [2.45, 2.75) is 47.0 Å². The number of amides is 5. The molecule has 148 heavy (non-hydrogen) atoms. The third-order valence-corrected chi connectivity index (χ3v) is 25.9. The molecule has 1 saturated heterocycles. The first-order valence-corrected chi connectivity index (χ1v) is 48.4. The summed E-state index contributed by atoms with van der Waals surface area (Å²) in [6, 6.07) is 72.4. The first-order chi connectivity index (χ1) is 72.6. The van der Waals surface area contributed by atoms with Gasteiger partial charge in [0.05, 0.1) is 129 Å². The Morgan fingerprint density at radius 3 is 0.946 bits per heavy atom. The second-order valence-corrected chi connectivity index (χ2v) is 36.9. The molecule has 34 nitrogen and oxygen atoms in total. The molecule has 1 aliphatic carbocycles. The summed E-state index contributed by atoms with van der Waals surface area (Å²) in [5, 5.41) is 49.9. The SMILES string of the molecule is CC(C)C(=O)Nc1cncc(-c2cnc3n[nH]c(-c4cc5c(-c6ccccn6)cccc5[nH]4)c3c2)c1.CC(C)CC(=O)Nc1cncc(-c2cnc3n[nH]c(-c4cc5c(-c6ccccn6)cccc5[nH]4)c3c2)c1.O=C(Nc1cncc(-c2cnc3n[nH]c(-c4cc5c(-c6ccccn6)cccc5[nH]4)c3c2)c1)C1CC1.O=C(Nc1cncc(-c2cnc3n[nH]c(-c4cc5c(-c6ccccn6)cccc5[nH]4)c3c2)c1)N1CCOCC1. The first kappa shape index (κ1) is 92.1. The van der Waals surface area contributed by atoms with E-state index in [9.17, 15) is 19.2 Å². The van der Waals surface area contributed by atoms with Gasteiger partial charge in [-0.1, -0.05) is 100 Å². The lowest BCUT2D eigenvalue weighted by Crippen LogP contribution is -2.43. The van der Waals surface area contributed by atoms with Gasteiger partial charge in [0, 0.05) is 238 Å². The smallest absolute Gasteiger partial charge is 0.322 e. The van der Waals surface area contributed by atoms with E-state index in [1.807, 2.05) is 167 Å². The largest absolute Gasteiger partial charge is 0.378 e. The maximum atomic E-state index is 12.6. The molecule has 1 aliphatic heterocycles. The summed E-state index contributed by atoms with van der Waals surface area (Å²) in [6.45, 7) is 9.98. The summed E-state index contributed by atoms with van der Waals surface area (Å²) in [5.74, 6) is 0.284. The fourth-order valence-electron chi connectivity index (χ4n) is 18.3. The van der Waals surface area contributed by atoms with E-state index in [-0.39, 0.29) is 41.5 Å². The number of pyridine rings is 12. The number of morpholine rings is 1. The van der Waals surface area contributed by atoms with E-state index in [2.05, 4.69) is 221 Å². The molecule has 0 unspecified atom stereocenters. The van der Waals surface area contributed by atoms with Crippen molar-refractivity contribution in [3.63, 3.8) is 0 Å². The number of nitrogens with one attached hydrogen (secondary N) is 12. The number of rotatable bonds is 20. The highest BCUT2D eigenvalue weighted by Gasteiger charge is 2.31. The number of H-pyrrole nitrogens is 8. The molecule has 2 aliphatic rings. The molecule has 724 valence electrons. The zero-order valence-corrected chi connectivity index (χ0v) is 80.3. The molecular formula is C114H93N29O5. The van der Waals surface area contributed by atoms with Crippen molar-refractivity contribution >= 4 is 134 Å². The van der Waals surface area contributed by atoms with Gasteiger partial charge in [0.1, 0.15) is 0 Å². The number of anilines is 4. The number of urea groups is 1. The van der Waals surface area contributed by atoms with Gasteiger partial charge in [0.15, 0.2) is 22.6 Å². The van der Waals surface area contributed by atoms with Crippen LogP contribution in [0.1, 0.15) is 47.0 Å². The number of nitrogens with zero attached hydrogens (tertiary/aromatic N) is 17. The van der Waals surface area contributed by atoms with E-state index in [0.717, 1.165) is 213 Å². The Kier molecular flexibility index (Phi) is 25.1. The number of ether oxygens (including phenoxy) is 1. The molecule has 0 atom stereocenters. The van der Waals surface area contributed by atoms with E-state index in [4.69, 9.17) is 4.74 Å². The second kappa shape index (κ2) is 40.4. The number of hydrogen-bond donors (Lipinski definition) is 12. The Morgan fingerprint density at radius 2 is 0.642 bits per heavy atom. The van der Waals surface area contributed by atoms with Crippen LogP contribution in [0.4, 0.5) is 27.5 Å². The molecule has 12 N–H and O–H groups in total. The predicted octanol–water partition coefficient (Wildman–Crippen LogP) is 22.7. The van der Waals surface area contributed by atoms with Crippen LogP contribution in [-0.4, -0.2) is 175 Å². The quantitative estimate of drug-likeness (QED) is 0.0337. The summed E-state index contributed by atoms with van der Waals surface area (Å²) in [4.78, 5) is 119. The van der Waals surface area contributed by atoms with Gasteiger partial charge in [-0.25, -0.2) is 24.7 Å². The zero-order chi connectivity index (χ0) is 100. The molecule has 0 spiro atoms. The van der Waals surface area contributed by atoms with Crippen molar-refractivity contribution in [2.75, 3.05) is 47.6 Å². The molecule has 34 heteroatoms. The van der Waals surface area contributed by atoms with Crippen LogP contribution in [0.25, 0.3) is 223 Å². The minimum Gasteiger partial charge on any atom is -0.378 e. The van der Waals surface area contributed by atoms with Crippen LogP contribution in [0.3, 0.4) is 0 Å². The van der Waals surface area contributed by atoms with Gasteiger partial charge in [-0.2, -0.15) is 20.4 Å². The van der Waals surface area contributed by atoms with Gasteiger partial charge in [-0.05, 0) is 164 Å². The van der Waals surface area contributed by atoms with E-state index in [1.165, 1.54) is 0 Å². The summed E-state index contributed by atoms with van der Waals surface area (Å²) in [6.07, 6.45) is 30.3. The van der Waals surface area contributed by atoms with Crippen LogP contribution in [0, 0.1) is 17.8 Å². The Hall–Kier alpha value is -19.6. The van der Waals surface area contributed by atoms with Crippen LogP contribution < -0.4 is 21.3 Å². The van der Waals surface area contributed by atoms with Crippen LogP contribution in [0.5, 0.6) is 0 Å². The second-order valence-electron chi connectivity index (χ2n) is 36.9. The third-order valence-electron chi connectivity index (χ3n) is 25.9. The van der Waals surface area contributed by atoms with Gasteiger partial charge in [0.25, 0.3) is 0 Å². The number of aromatic amines is 8. The van der Waals surface area contributed by atoms with E-state index < -0.39 is 0 Å².